The molecule has 0 amide bonds. The van der Waals surface area contributed by atoms with Gasteiger partial charge in [0.05, 0.1) is 11.1 Å². The number of Topliss-reactive ketones (excluding diaryl/α,β-unsaturated/α-hetero) is 1. The summed E-state index contributed by atoms with van der Waals surface area (Å²) in [4.78, 5) is 11.4. The molecule has 0 aromatic heterocycles. The lowest BCUT2D eigenvalue weighted by Gasteiger charge is -2.30. The fourth-order valence-corrected chi connectivity index (χ4v) is 2.98. The third-order valence-corrected chi connectivity index (χ3v) is 4.21. The van der Waals surface area contributed by atoms with Crippen molar-refractivity contribution in [1.82, 2.24) is 0 Å². The van der Waals surface area contributed by atoms with E-state index in [1.54, 1.807) is 22.6 Å². The quantitative estimate of drug-likeness (QED) is 0.469. The van der Waals surface area contributed by atoms with Crippen molar-refractivity contribution >= 4 is 28.4 Å². The van der Waals surface area contributed by atoms with E-state index < -0.39 is 35.1 Å². The van der Waals surface area contributed by atoms with Crippen molar-refractivity contribution in [2.75, 3.05) is 0 Å². The van der Waals surface area contributed by atoms with Crippen molar-refractivity contribution in [2.24, 2.45) is 0 Å². The van der Waals surface area contributed by atoms with Crippen molar-refractivity contribution in [1.29, 1.82) is 0 Å². The third kappa shape index (κ3) is 2.58. The molecule has 8 heteroatoms. The number of carbonyl (C=O) groups is 1. The highest BCUT2D eigenvalue weighted by atomic mass is 127. The molecule has 0 fully saturated rings. The Morgan fingerprint density at radius 3 is 2.48 bits per heavy atom. The van der Waals surface area contributed by atoms with Gasteiger partial charge in [-0.1, -0.05) is 0 Å². The molecule has 0 bridgehead atoms. The van der Waals surface area contributed by atoms with Gasteiger partial charge in [0.25, 0.3) is 6.43 Å². The molecule has 0 heterocycles. The number of ether oxygens (including phenoxy) is 1. The van der Waals surface area contributed by atoms with Gasteiger partial charge >= 0.3 is 5.92 Å². The maximum atomic E-state index is 13.7. The first-order valence-electron chi connectivity index (χ1n) is 6.24. The first-order chi connectivity index (χ1) is 10.7. The van der Waals surface area contributed by atoms with Gasteiger partial charge in [-0.2, -0.15) is 8.78 Å². The number of ketones is 1. The average Bonchev–Trinajstić information content (AvgIpc) is 2.47. The molecule has 0 N–H and O–H groups in total. The highest BCUT2D eigenvalue weighted by Gasteiger charge is 2.57. The maximum absolute atomic E-state index is 13.7. The Kier molecular flexibility index (Phi) is 3.81. The van der Waals surface area contributed by atoms with Crippen LogP contribution in [-0.4, -0.2) is 5.78 Å². The summed E-state index contributed by atoms with van der Waals surface area (Å²) in [6.07, 6.45) is -2.93. The van der Waals surface area contributed by atoms with Gasteiger partial charge in [-0.05, 0) is 46.9 Å². The number of alkyl halides is 4. The molecule has 0 unspecified atom stereocenters. The SMILES string of the molecule is O=C1c2c(I)ccc(Oc3cc(F)cc(C(F)F)c3)c2C1(F)F. The summed E-state index contributed by atoms with van der Waals surface area (Å²) in [6, 6.07) is 4.86. The fraction of sp³-hybridized carbons (Fsp3) is 0.133. The molecule has 2 aromatic rings. The normalized spacial score (nSPS) is 15.3. The number of fused-ring (bicyclic) bond motifs is 1. The van der Waals surface area contributed by atoms with Gasteiger partial charge in [0.15, 0.2) is 0 Å². The van der Waals surface area contributed by atoms with Gasteiger partial charge in [0.1, 0.15) is 17.3 Å². The number of carbonyl (C=O) groups excluding carboxylic acids is 1. The molecule has 0 aliphatic heterocycles. The van der Waals surface area contributed by atoms with E-state index in [1.807, 2.05) is 0 Å². The van der Waals surface area contributed by atoms with E-state index in [0.29, 0.717) is 9.64 Å². The topological polar surface area (TPSA) is 26.3 Å². The zero-order valence-corrected chi connectivity index (χ0v) is 13.2. The van der Waals surface area contributed by atoms with Crippen LogP contribution in [0.3, 0.4) is 0 Å². The molecular formula is C15H6F5IO2. The van der Waals surface area contributed by atoms with Gasteiger partial charge in [-0.15, -0.1) is 0 Å². The summed E-state index contributed by atoms with van der Waals surface area (Å²) in [5.41, 5.74) is -1.41. The minimum atomic E-state index is -3.70. The average molecular weight is 440 g/mol. The van der Waals surface area contributed by atoms with E-state index in [9.17, 15) is 26.7 Å². The monoisotopic (exact) mass is 440 g/mol. The number of hydrogen-bond donors (Lipinski definition) is 0. The predicted octanol–water partition coefficient (Wildman–Crippen LogP) is 5.45. The standard InChI is InChI=1S/C15H6F5IO2/c16-7-3-6(14(17)18)4-8(5-7)23-10-2-1-9(21)11-12(10)15(19,20)13(11)22/h1-5,14H. The van der Waals surface area contributed by atoms with Crippen LogP contribution < -0.4 is 4.74 Å². The van der Waals surface area contributed by atoms with E-state index in [1.165, 1.54) is 12.1 Å². The summed E-state index contributed by atoms with van der Waals surface area (Å²) in [5, 5.41) is 0. The van der Waals surface area contributed by atoms with Gasteiger partial charge in [-0.3, -0.25) is 4.79 Å². The molecule has 2 nitrogen and oxygen atoms in total. The van der Waals surface area contributed by atoms with Crippen molar-refractivity contribution in [2.45, 2.75) is 12.3 Å². The van der Waals surface area contributed by atoms with Crippen molar-refractivity contribution in [3.05, 3.63) is 56.4 Å². The van der Waals surface area contributed by atoms with Crippen molar-refractivity contribution in [3.8, 4) is 11.5 Å². The molecular weight excluding hydrogens is 434 g/mol. The van der Waals surface area contributed by atoms with E-state index in [2.05, 4.69) is 0 Å². The van der Waals surface area contributed by atoms with Gasteiger partial charge in [-0.25, -0.2) is 13.2 Å². The molecule has 1 aliphatic carbocycles. The van der Waals surface area contributed by atoms with Crippen LogP contribution in [0.5, 0.6) is 11.5 Å². The Labute approximate surface area is 140 Å². The minimum Gasteiger partial charge on any atom is -0.457 e. The Morgan fingerprint density at radius 1 is 1.13 bits per heavy atom. The smallest absolute Gasteiger partial charge is 0.339 e. The highest BCUT2D eigenvalue weighted by Crippen LogP contribution is 2.51. The molecule has 120 valence electrons. The lowest BCUT2D eigenvalue weighted by atomic mass is 9.82. The Bertz CT molecular complexity index is 820. The second-order valence-corrected chi connectivity index (χ2v) is 5.98. The second kappa shape index (κ2) is 5.43. The molecule has 0 radical (unpaired) electrons. The molecule has 23 heavy (non-hydrogen) atoms. The van der Waals surface area contributed by atoms with Gasteiger partial charge in [0, 0.05) is 15.2 Å². The molecule has 0 spiro atoms. The summed E-state index contributed by atoms with van der Waals surface area (Å²) in [5.74, 6) is -6.72. The second-order valence-electron chi connectivity index (χ2n) is 4.82. The third-order valence-electron chi connectivity index (χ3n) is 3.32. The number of hydrogen-bond acceptors (Lipinski definition) is 2. The highest BCUT2D eigenvalue weighted by molar-refractivity contribution is 14.1. The lowest BCUT2D eigenvalue weighted by molar-refractivity contribution is -0.00808. The summed E-state index contributed by atoms with van der Waals surface area (Å²) < 4.78 is 71.6. The van der Waals surface area contributed by atoms with Crippen LogP contribution in [0.15, 0.2) is 30.3 Å². The maximum Gasteiger partial charge on any atom is 0.339 e. The Hall–Kier alpha value is -1.71. The van der Waals surface area contributed by atoms with Crippen LogP contribution in [0.1, 0.15) is 27.9 Å². The molecule has 0 saturated heterocycles. The van der Waals surface area contributed by atoms with E-state index in [4.69, 9.17) is 4.74 Å². The van der Waals surface area contributed by atoms with Crippen LogP contribution in [0.4, 0.5) is 22.0 Å². The minimum absolute atomic E-state index is 0.168. The van der Waals surface area contributed by atoms with Crippen LogP contribution in [-0.2, 0) is 5.92 Å². The molecule has 1 aliphatic rings. The number of rotatable bonds is 3. The van der Waals surface area contributed by atoms with Crippen LogP contribution in [0, 0.1) is 9.39 Å². The zero-order chi connectivity index (χ0) is 16.9. The number of halogens is 6. The van der Waals surface area contributed by atoms with Crippen LogP contribution in [0.25, 0.3) is 0 Å². The first-order valence-corrected chi connectivity index (χ1v) is 7.31. The summed E-state index contributed by atoms with van der Waals surface area (Å²) in [6.45, 7) is 0. The van der Waals surface area contributed by atoms with E-state index >= 15 is 0 Å². The Balaban J connectivity index is 2.05. The van der Waals surface area contributed by atoms with E-state index in [-0.39, 0.29) is 17.1 Å². The summed E-state index contributed by atoms with van der Waals surface area (Å²) in [7, 11) is 0. The fourth-order valence-electron chi connectivity index (χ4n) is 2.28. The first kappa shape index (κ1) is 16.2. The molecule has 3 rings (SSSR count). The summed E-state index contributed by atoms with van der Waals surface area (Å²) >= 11 is 1.73. The van der Waals surface area contributed by atoms with Crippen molar-refractivity contribution < 1.29 is 31.5 Å². The largest absolute Gasteiger partial charge is 0.457 e. The van der Waals surface area contributed by atoms with Gasteiger partial charge < -0.3 is 4.74 Å². The molecule has 0 atom stereocenters. The van der Waals surface area contributed by atoms with Crippen molar-refractivity contribution in [3.63, 3.8) is 0 Å². The predicted molar refractivity (Wildman–Crippen MR) is 78.8 cm³/mol. The van der Waals surface area contributed by atoms with Gasteiger partial charge in [0.2, 0.25) is 5.78 Å². The zero-order valence-electron chi connectivity index (χ0n) is 11.0. The number of benzene rings is 2. The van der Waals surface area contributed by atoms with Crippen LogP contribution >= 0.6 is 22.6 Å². The lowest BCUT2D eigenvalue weighted by Crippen LogP contribution is -2.39. The van der Waals surface area contributed by atoms with E-state index in [0.717, 1.165) is 12.1 Å². The molecule has 2 aromatic carbocycles. The molecule has 0 saturated carbocycles. The van der Waals surface area contributed by atoms with Crippen LogP contribution in [0.2, 0.25) is 0 Å². The Morgan fingerprint density at radius 2 is 1.83 bits per heavy atom.